The number of aryl methyl sites for hydroxylation is 2. The van der Waals surface area contributed by atoms with Gasteiger partial charge in [0.25, 0.3) is 0 Å². The first-order chi connectivity index (χ1) is 19.8. The highest BCUT2D eigenvalue weighted by atomic mass is 79.9. The van der Waals surface area contributed by atoms with Crippen molar-refractivity contribution >= 4 is 50.0 Å². The largest absolute Gasteiger partial charge is 0.486 e. The lowest BCUT2D eigenvalue weighted by molar-refractivity contribution is 0.0699. The molecule has 11 heteroatoms. The zero-order valence-electron chi connectivity index (χ0n) is 21.9. The van der Waals surface area contributed by atoms with Crippen LogP contribution < -0.4 is 14.9 Å². The molecular weight excluding hydrogens is 658 g/mol. The Hall–Kier alpha value is -4.35. The number of ether oxygens (including phenoxy) is 2. The second kappa shape index (κ2) is 12.4. The molecule has 0 saturated carbocycles. The predicted molar refractivity (Wildman–Crippen MR) is 159 cm³/mol. The second-order valence-electron chi connectivity index (χ2n) is 8.87. The van der Waals surface area contributed by atoms with Gasteiger partial charge >= 0.3 is 11.9 Å². The van der Waals surface area contributed by atoms with Gasteiger partial charge in [-0.15, -0.1) is 0 Å². The first-order valence-electron chi connectivity index (χ1n) is 12.3. The van der Waals surface area contributed by atoms with E-state index < -0.39 is 11.9 Å². The maximum absolute atomic E-state index is 12.6. The molecule has 0 aliphatic rings. The van der Waals surface area contributed by atoms with Crippen molar-refractivity contribution in [2.45, 2.75) is 20.5 Å². The summed E-state index contributed by atoms with van der Waals surface area (Å²) in [5.74, 6) is 0.232. The normalized spacial score (nSPS) is 11.1. The van der Waals surface area contributed by atoms with Crippen molar-refractivity contribution in [3.8, 4) is 17.2 Å². The molecule has 0 radical (unpaired) electrons. The molecule has 1 amide bonds. The molecule has 0 spiro atoms. The summed E-state index contributed by atoms with van der Waals surface area (Å²) in [6, 6.07) is 21.6. The highest BCUT2D eigenvalue weighted by Crippen LogP contribution is 2.33. The number of furan rings is 2. The number of halogens is 2. The molecule has 0 fully saturated rings. The van der Waals surface area contributed by atoms with Gasteiger partial charge in [-0.05, 0) is 103 Å². The Bertz CT molecular complexity index is 1700. The maximum Gasteiger partial charge on any atom is 0.379 e. The second-order valence-corrected chi connectivity index (χ2v) is 10.6. The minimum absolute atomic E-state index is 0.0488. The quantitative estimate of drug-likeness (QED) is 0.0754. The Morgan fingerprint density at radius 1 is 0.976 bits per heavy atom. The molecule has 0 aliphatic carbocycles. The van der Waals surface area contributed by atoms with Crippen LogP contribution in [0, 0.1) is 13.8 Å². The van der Waals surface area contributed by atoms with Crippen LogP contribution in [0.5, 0.6) is 11.5 Å². The van der Waals surface area contributed by atoms with Gasteiger partial charge in [0.05, 0.1) is 17.0 Å². The number of benzene rings is 2. The molecule has 0 unspecified atom stereocenters. The van der Waals surface area contributed by atoms with E-state index in [4.69, 9.17) is 18.3 Å². The Labute approximate surface area is 252 Å². The number of amides is 1. The fraction of sp³-hybridized carbons (Fsp3) is 0.100. The van der Waals surface area contributed by atoms with E-state index in [0.29, 0.717) is 26.0 Å². The lowest BCUT2D eigenvalue weighted by Gasteiger charge is -2.10. The van der Waals surface area contributed by atoms with Crippen molar-refractivity contribution in [1.82, 2.24) is 9.99 Å². The van der Waals surface area contributed by atoms with Gasteiger partial charge in [-0.25, -0.2) is 10.2 Å². The van der Waals surface area contributed by atoms with Gasteiger partial charge in [-0.1, -0.05) is 15.9 Å². The molecule has 5 rings (SSSR count). The van der Waals surface area contributed by atoms with Crippen LogP contribution in [0.4, 0.5) is 0 Å². The van der Waals surface area contributed by atoms with E-state index in [-0.39, 0.29) is 23.9 Å². The molecule has 9 nitrogen and oxygen atoms in total. The summed E-state index contributed by atoms with van der Waals surface area (Å²) in [5.41, 5.74) is 6.19. The van der Waals surface area contributed by atoms with Gasteiger partial charge in [0.1, 0.15) is 18.1 Å². The molecule has 3 aromatic heterocycles. The van der Waals surface area contributed by atoms with Crippen LogP contribution in [0.3, 0.4) is 0 Å². The standard InChI is InChI=1S/C30H23Br2N3O6/c1-18-5-6-19(2)35(18)22-7-9-23(10-8-22)39-17-24-11-12-26(40-24)29(36)34-33-16-20-14-21(31)15-25(32)28(20)41-30(37)27-4-3-13-38-27/h3-16H,17H2,1-2H3,(H,34,36)/b33-16-. The van der Waals surface area contributed by atoms with Crippen LogP contribution in [-0.4, -0.2) is 22.7 Å². The van der Waals surface area contributed by atoms with E-state index in [9.17, 15) is 9.59 Å². The summed E-state index contributed by atoms with van der Waals surface area (Å²) in [7, 11) is 0. The lowest BCUT2D eigenvalue weighted by atomic mass is 10.2. The number of nitrogens with one attached hydrogen (secondary N) is 1. The molecule has 5 aromatic rings. The average molecular weight is 681 g/mol. The van der Waals surface area contributed by atoms with Gasteiger partial charge < -0.3 is 22.9 Å². The van der Waals surface area contributed by atoms with Crippen molar-refractivity contribution < 1.29 is 27.9 Å². The summed E-state index contributed by atoms with van der Waals surface area (Å²) < 4.78 is 25.4. The van der Waals surface area contributed by atoms with Crippen LogP contribution in [0.2, 0.25) is 0 Å². The monoisotopic (exact) mass is 679 g/mol. The van der Waals surface area contributed by atoms with E-state index in [1.807, 2.05) is 24.3 Å². The number of rotatable bonds is 9. The SMILES string of the molecule is Cc1ccc(C)n1-c1ccc(OCc2ccc(C(=O)N/N=C\c3cc(Br)cc(Br)c3OC(=O)c3ccco3)o2)cc1. The highest BCUT2D eigenvalue weighted by Gasteiger charge is 2.17. The Morgan fingerprint density at radius 2 is 1.73 bits per heavy atom. The minimum atomic E-state index is -0.677. The van der Waals surface area contributed by atoms with E-state index in [1.54, 1.807) is 24.3 Å². The first kappa shape index (κ1) is 28.2. The van der Waals surface area contributed by atoms with Crippen molar-refractivity contribution in [2.75, 3.05) is 0 Å². The Kier molecular flexibility index (Phi) is 8.55. The number of hydrogen-bond donors (Lipinski definition) is 1. The summed E-state index contributed by atoms with van der Waals surface area (Å²) in [4.78, 5) is 25.0. The lowest BCUT2D eigenvalue weighted by Crippen LogP contribution is -2.17. The van der Waals surface area contributed by atoms with Crippen LogP contribution in [-0.2, 0) is 6.61 Å². The third-order valence-corrected chi connectivity index (χ3v) is 7.00. The summed E-state index contributed by atoms with van der Waals surface area (Å²) >= 11 is 6.78. The molecule has 41 heavy (non-hydrogen) atoms. The fourth-order valence-electron chi connectivity index (χ4n) is 4.04. The van der Waals surface area contributed by atoms with Crippen molar-refractivity contribution in [3.63, 3.8) is 0 Å². The number of carbonyl (C=O) groups is 2. The van der Waals surface area contributed by atoms with Gasteiger partial charge in [-0.3, -0.25) is 4.79 Å². The average Bonchev–Trinajstić information content (AvgIpc) is 3.72. The number of hydrogen-bond acceptors (Lipinski definition) is 7. The number of carbonyl (C=O) groups excluding carboxylic acids is 2. The number of aromatic nitrogens is 1. The van der Waals surface area contributed by atoms with Crippen LogP contribution in [0.1, 0.15) is 43.8 Å². The van der Waals surface area contributed by atoms with E-state index >= 15 is 0 Å². The van der Waals surface area contributed by atoms with Gasteiger partial charge in [0.15, 0.2) is 11.5 Å². The maximum atomic E-state index is 12.6. The topological polar surface area (TPSA) is 108 Å². The molecular formula is C30H23Br2N3O6. The van der Waals surface area contributed by atoms with Gasteiger partial charge in [-0.2, -0.15) is 5.10 Å². The van der Waals surface area contributed by atoms with E-state index in [1.165, 1.54) is 24.6 Å². The molecule has 0 bridgehead atoms. The molecule has 208 valence electrons. The van der Waals surface area contributed by atoms with Crippen molar-refractivity contribution in [3.05, 3.63) is 122 Å². The zero-order chi connectivity index (χ0) is 28.9. The molecule has 3 heterocycles. The van der Waals surface area contributed by atoms with Crippen LogP contribution in [0.25, 0.3) is 5.69 Å². The Balaban J connectivity index is 1.19. The third kappa shape index (κ3) is 6.69. The minimum Gasteiger partial charge on any atom is -0.486 e. The van der Waals surface area contributed by atoms with Crippen LogP contribution >= 0.6 is 31.9 Å². The Morgan fingerprint density at radius 3 is 2.44 bits per heavy atom. The smallest absolute Gasteiger partial charge is 0.379 e. The predicted octanol–water partition coefficient (Wildman–Crippen LogP) is 7.37. The molecule has 0 saturated heterocycles. The summed E-state index contributed by atoms with van der Waals surface area (Å²) in [5, 5.41) is 4.00. The molecule has 1 N–H and O–H groups in total. The first-order valence-corrected chi connectivity index (χ1v) is 13.9. The summed E-state index contributed by atoms with van der Waals surface area (Å²) in [6.07, 6.45) is 2.73. The number of esters is 1. The van der Waals surface area contributed by atoms with E-state index in [2.05, 4.69) is 72.9 Å². The van der Waals surface area contributed by atoms with Gasteiger partial charge in [0.2, 0.25) is 5.76 Å². The van der Waals surface area contributed by atoms with Crippen molar-refractivity contribution in [2.24, 2.45) is 5.10 Å². The highest BCUT2D eigenvalue weighted by molar-refractivity contribution is 9.11. The van der Waals surface area contributed by atoms with Crippen molar-refractivity contribution in [1.29, 1.82) is 0 Å². The van der Waals surface area contributed by atoms with Gasteiger partial charge in [0, 0.05) is 27.1 Å². The van der Waals surface area contributed by atoms with Crippen LogP contribution in [0.15, 0.2) is 102 Å². The third-order valence-electron chi connectivity index (χ3n) is 5.96. The molecule has 0 aliphatic heterocycles. The zero-order valence-corrected chi connectivity index (χ0v) is 25.1. The molecule has 2 aromatic carbocycles. The number of nitrogens with zero attached hydrogens (tertiary/aromatic N) is 2. The fourth-order valence-corrected chi connectivity index (χ4v) is 5.38. The molecule has 0 atom stereocenters. The van der Waals surface area contributed by atoms with E-state index in [0.717, 1.165) is 17.1 Å². The number of hydrazone groups is 1. The summed E-state index contributed by atoms with van der Waals surface area (Å²) in [6.45, 7) is 4.27.